The second kappa shape index (κ2) is 7.41. The lowest BCUT2D eigenvalue weighted by Crippen LogP contribution is -2.47. The fourth-order valence-corrected chi connectivity index (χ4v) is 3.68. The Morgan fingerprint density at radius 1 is 1.13 bits per heavy atom. The number of pyridine rings is 1. The number of amides is 1. The maximum atomic E-state index is 12.7. The van der Waals surface area contributed by atoms with Crippen LogP contribution in [0.4, 0.5) is 0 Å². The largest absolute Gasteiger partial charge is 0.336 e. The van der Waals surface area contributed by atoms with Crippen LogP contribution in [-0.2, 0) is 6.42 Å². The summed E-state index contributed by atoms with van der Waals surface area (Å²) in [6.07, 6.45) is 7.23. The fraction of sp³-hybridized carbons (Fsp3) is 0.667. The quantitative estimate of drug-likeness (QED) is 0.844. The minimum Gasteiger partial charge on any atom is -0.336 e. The molecule has 5 nitrogen and oxygen atoms in total. The van der Waals surface area contributed by atoms with Gasteiger partial charge in [-0.3, -0.25) is 9.78 Å². The molecule has 0 spiro atoms. The Morgan fingerprint density at radius 2 is 1.91 bits per heavy atom. The van der Waals surface area contributed by atoms with E-state index >= 15 is 0 Å². The van der Waals surface area contributed by atoms with Gasteiger partial charge in [0, 0.05) is 45.1 Å². The van der Waals surface area contributed by atoms with E-state index in [1.165, 1.54) is 24.9 Å². The first kappa shape index (κ1) is 16.4. The molecule has 1 amide bonds. The van der Waals surface area contributed by atoms with Crippen molar-refractivity contribution in [3.8, 4) is 0 Å². The Hall–Kier alpha value is -1.46. The second-order valence-corrected chi connectivity index (χ2v) is 7.15. The predicted octanol–water partition coefficient (Wildman–Crippen LogP) is 1.35. The Bertz CT molecular complexity index is 540. The molecule has 2 aliphatic rings. The van der Waals surface area contributed by atoms with Crippen LogP contribution in [0.25, 0.3) is 0 Å². The molecule has 0 N–H and O–H groups in total. The number of hydrogen-bond donors (Lipinski definition) is 0. The van der Waals surface area contributed by atoms with Gasteiger partial charge in [-0.05, 0) is 57.5 Å². The number of piperazine rings is 1. The van der Waals surface area contributed by atoms with Crippen LogP contribution in [0.1, 0.15) is 28.8 Å². The Kier molecular flexibility index (Phi) is 5.28. The molecule has 0 aliphatic carbocycles. The third-order valence-electron chi connectivity index (χ3n) is 5.08. The number of hydrogen-bond acceptors (Lipinski definition) is 4. The first-order valence-electron chi connectivity index (χ1n) is 8.72. The average molecular weight is 316 g/mol. The van der Waals surface area contributed by atoms with E-state index in [4.69, 9.17) is 0 Å². The number of likely N-dealkylation sites (N-methyl/N-ethyl adjacent to an activating group) is 1. The maximum Gasteiger partial charge on any atom is 0.255 e. The van der Waals surface area contributed by atoms with Gasteiger partial charge in [-0.2, -0.15) is 0 Å². The Labute approximate surface area is 139 Å². The molecule has 2 fully saturated rings. The van der Waals surface area contributed by atoms with Crippen molar-refractivity contribution >= 4 is 5.91 Å². The van der Waals surface area contributed by atoms with Crippen molar-refractivity contribution in [3.05, 3.63) is 29.6 Å². The second-order valence-electron chi connectivity index (χ2n) is 7.15. The maximum absolute atomic E-state index is 12.7. The summed E-state index contributed by atoms with van der Waals surface area (Å²) in [4.78, 5) is 23.6. The first-order valence-corrected chi connectivity index (χ1v) is 8.72. The number of piperidine rings is 1. The molecule has 1 aromatic heterocycles. The molecule has 0 unspecified atom stereocenters. The molecule has 2 aliphatic heterocycles. The van der Waals surface area contributed by atoms with E-state index in [1.807, 2.05) is 11.1 Å². The zero-order chi connectivity index (χ0) is 16.2. The first-order chi connectivity index (χ1) is 11.1. The summed E-state index contributed by atoms with van der Waals surface area (Å²) in [5.41, 5.74) is 1.95. The summed E-state index contributed by atoms with van der Waals surface area (Å²) in [5.74, 6) is 0.817. The van der Waals surface area contributed by atoms with Crippen LogP contribution in [-0.4, -0.2) is 79.0 Å². The molecule has 1 aromatic rings. The summed E-state index contributed by atoms with van der Waals surface area (Å²) in [5, 5.41) is 0. The summed E-state index contributed by atoms with van der Waals surface area (Å²) in [6, 6.07) is 2.06. The smallest absolute Gasteiger partial charge is 0.255 e. The minimum atomic E-state index is 0.133. The van der Waals surface area contributed by atoms with Gasteiger partial charge in [0.25, 0.3) is 5.91 Å². The Balaban J connectivity index is 1.63. The van der Waals surface area contributed by atoms with Crippen LogP contribution < -0.4 is 0 Å². The van der Waals surface area contributed by atoms with E-state index < -0.39 is 0 Å². The van der Waals surface area contributed by atoms with Crippen LogP contribution in [0.5, 0.6) is 0 Å². The molecule has 5 heteroatoms. The average Bonchev–Trinajstić information content (AvgIpc) is 2.55. The van der Waals surface area contributed by atoms with E-state index in [2.05, 4.69) is 34.9 Å². The molecule has 3 rings (SSSR count). The van der Waals surface area contributed by atoms with Crippen molar-refractivity contribution in [2.75, 3.05) is 53.4 Å². The number of aromatic nitrogens is 1. The van der Waals surface area contributed by atoms with Crippen molar-refractivity contribution in [2.45, 2.75) is 19.3 Å². The van der Waals surface area contributed by atoms with Crippen LogP contribution in [0.3, 0.4) is 0 Å². The molecular weight excluding hydrogens is 288 g/mol. The van der Waals surface area contributed by atoms with E-state index in [1.54, 1.807) is 6.20 Å². The lowest BCUT2D eigenvalue weighted by molar-refractivity contribution is 0.0663. The van der Waals surface area contributed by atoms with Crippen LogP contribution in [0.2, 0.25) is 0 Å². The van der Waals surface area contributed by atoms with E-state index in [-0.39, 0.29) is 5.91 Å². The molecule has 0 bridgehead atoms. The number of carbonyl (C=O) groups excluding carboxylic acids is 1. The fourth-order valence-electron chi connectivity index (χ4n) is 3.68. The van der Waals surface area contributed by atoms with Gasteiger partial charge in [-0.1, -0.05) is 0 Å². The monoisotopic (exact) mass is 316 g/mol. The van der Waals surface area contributed by atoms with Gasteiger partial charge >= 0.3 is 0 Å². The molecule has 23 heavy (non-hydrogen) atoms. The number of rotatable bonds is 3. The highest BCUT2D eigenvalue weighted by molar-refractivity contribution is 5.94. The highest BCUT2D eigenvalue weighted by Crippen LogP contribution is 2.20. The standard InChI is InChI=1S/C18H28N4O/c1-20-6-8-22(9-7-20)18(23)17-11-16(12-19-13-17)10-15-4-3-5-21(2)14-15/h11-13,15H,3-10,14H2,1-2H3/t15-/m1/s1. The van der Waals surface area contributed by atoms with Gasteiger partial charge in [0.15, 0.2) is 0 Å². The number of likely N-dealkylation sites (tertiary alicyclic amines) is 1. The predicted molar refractivity (Wildman–Crippen MR) is 91.6 cm³/mol. The summed E-state index contributed by atoms with van der Waals surface area (Å²) in [6.45, 7) is 5.88. The number of nitrogens with zero attached hydrogens (tertiary/aromatic N) is 4. The van der Waals surface area contributed by atoms with Gasteiger partial charge in [0.1, 0.15) is 0 Å². The van der Waals surface area contributed by atoms with Gasteiger partial charge in [-0.25, -0.2) is 0 Å². The minimum absolute atomic E-state index is 0.133. The number of carbonyl (C=O) groups is 1. The van der Waals surface area contributed by atoms with Crippen molar-refractivity contribution in [2.24, 2.45) is 5.92 Å². The van der Waals surface area contributed by atoms with Crippen molar-refractivity contribution < 1.29 is 4.79 Å². The van der Waals surface area contributed by atoms with E-state index in [9.17, 15) is 4.79 Å². The highest BCUT2D eigenvalue weighted by Gasteiger charge is 2.22. The molecule has 1 atom stereocenters. The molecule has 3 heterocycles. The third kappa shape index (κ3) is 4.30. The lowest BCUT2D eigenvalue weighted by Gasteiger charge is -2.32. The van der Waals surface area contributed by atoms with Crippen molar-refractivity contribution in [1.82, 2.24) is 19.7 Å². The molecule has 0 saturated carbocycles. The van der Waals surface area contributed by atoms with Crippen LogP contribution in [0, 0.1) is 5.92 Å². The van der Waals surface area contributed by atoms with Gasteiger partial charge in [0.05, 0.1) is 5.56 Å². The summed E-state index contributed by atoms with van der Waals surface area (Å²) < 4.78 is 0. The van der Waals surface area contributed by atoms with Gasteiger partial charge in [-0.15, -0.1) is 0 Å². The van der Waals surface area contributed by atoms with Crippen molar-refractivity contribution in [1.29, 1.82) is 0 Å². The Morgan fingerprint density at radius 3 is 2.65 bits per heavy atom. The topological polar surface area (TPSA) is 39.7 Å². The molecular formula is C18H28N4O. The molecule has 0 aromatic carbocycles. The molecule has 2 saturated heterocycles. The van der Waals surface area contributed by atoms with Crippen LogP contribution >= 0.6 is 0 Å². The lowest BCUT2D eigenvalue weighted by atomic mass is 9.92. The van der Waals surface area contributed by atoms with Gasteiger partial charge in [0.2, 0.25) is 0 Å². The highest BCUT2D eigenvalue weighted by atomic mass is 16.2. The normalized spacial score (nSPS) is 23.9. The third-order valence-corrected chi connectivity index (χ3v) is 5.08. The SMILES string of the molecule is CN1CCN(C(=O)c2cncc(C[C@H]3CCCN(C)C3)c2)CC1. The zero-order valence-corrected chi connectivity index (χ0v) is 14.4. The van der Waals surface area contributed by atoms with E-state index in [0.29, 0.717) is 5.92 Å². The zero-order valence-electron chi connectivity index (χ0n) is 14.4. The van der Waals surface area contributed by atoms with E-state index in [0.717, 1.165) is 44.7 Å². The van der Waals surface area contributed by atoms with Crippen molar-refractivity contribution in [3.63, 3.8) is 0 Å². The van der Waals surface area contributed by atoms with Crippen LogP contribution in [0.15, 0.2) is 18.5 Å². The van der Waals surface area contributed by atoms with Gasteiger partial charge < -0.3 is 14.7 Å². The molecule has 126 valence electrons. The summed E-state index contributed by atoms with van der Waals surface area (Å²) >= 11 is 0. The molecule has 0 radical (unpaired) electrons. The summed E-state index contributed by atoms with van der Waals surface area (Å²) in [7, 11) is 4.29.